The highest BCUT2D eigenvalue weighted by atomic mass is 19.4. The van der Waals surface area contributed by atoms with Crippen LogP contribution in [0.5, 0.6) is 0 Å². The van der Waals surface area contributed by atoms with Gasteiger partial charge in [-0.05, 0) is 49.1 Å². The minimum Gasteiger partial charge on any atom is -0.170 e. The van der Waals surface area contributed by atoms with Gasteiger partial charge in [0.2, 0.25) is 0 Å². The molecule has 0 saturated carbocycles. The van der Waals surface area contributed by atoms with Gasteiger partial charge in [0.05, 0.1) is 5.92 Å². The Morgan fingerprint density at radius 1 is 1.30 bits per heavy atom. The Balaban J connectivity index is 3.34. The van der Waals surface area contributed by atoms with Crippen molar-refractivity contribution in [1.29, 1.82) is 0 Å². The predicted octanol–water partition coefficient (Wildman–Crippen LogP) is 5.80. The summed E-state index contributed by atoms with van der Waals surface area (Å²) in [6, 6.07) is 5.34. The number of benzene rings is 1. The van der Waals surface area contributed by atoms with E-state index in [1.54, 1.807) is 12.1 Å². The first-order valence-corrected chi connectivity index (χ1v) is 6.44. The second-order valence-electron chi connectivity index (χ2n) is 4.69. The minimum absolute atomic E-state index is 0.234. The van der Waals surface area contributed by atoms with Crippen LogP contribution in [0.25, 0.3) is 11.6 Å². The van der Waals surface area contributed by atoms with Crippen LogP contribution < -0.4 is 0 Å². The van der Waals surface area contributed by atoms with Gasteiger partial charge in [0.25, 0.3) is 0 Å². The third-order valence-corrected chi connectivity index (χ3v) is 3.21. The second-order valence-corrected chi connectivity index (χ2v) is 4.69. The second kappa shape index (κ2) is 6.60. The van der Waals surface area contributed by atoms with E-state index in [2.05, 4.69) is 6.58 Å². The van der Waals surface area contributed by atoms with E-state index in [0.29, 0.717) is 5.56 Å². The fourth-order valence-corrected chi connectivity index (χ4v) is 1.97. The Morgan fingerprint density at radius 3 is 2.45 bits per heavy atom. The smallest absolute Gasteiger partial charge is 0.170 e. The average molecular weight is 280 g/mol. The molecular weight excluding hydrogens is 261 g/mol. The summed E-state index contributed by atoms with van der Waals surface area (Å²) in [5.74, 6) is -1.53. The standard InChI is InChI=1S/C17H19F3/c1-5-7-14-11-15(10-9-12(14)3)16(8-6-2)13(4)17(18,19)20/h5-11,13H,2H2,1,3-4H3/b7-5-,16-8+. The van der Waals surface area contributed by atoms with Crippen molar-refractivity contribution in [3.63, 3.8) is 0 Å². The summed E-state index contributed by atoms with van der Waals surface area (Å²) >= 11 is 0. The maximum Gasteiger partial charge on any atom is 0.395 e. The predicted molar refractivity (Wildman–Crippen MR) is 79.3 cm³/mol. The zero-order chi connectivity index (χ0) is 15.3. The molecule has 0 radical (unpaired) electrons. The molecule has 0 nitrogen and oxygen atoms in total. The molecule has 0 saturated heterocycles. The first-order valence-electron chi connectivity index (χ1n) is 6.44. The Kier molecular flexibility index (Phi) is 5.37. The molecule has 0 heterocycles. The van der Waals surface area contributed by atoms with Crippen molar-refractivity contribution in [2.24, 2.45) is 5.92 Å². The van der Waals surface area contributed by atoms with Crippen LogP contribution in [0, 0.1) is 12.8 Å². The number of hydrogen-bond acceptors (Lipinski definition) is 0. The van der Waals surface area contributed by atoms with Gasteiger partial charge >= 0.3 is 6.18 Å². The lowest BCUT2D eigenvalue weighted by Gasteiger charge is -2.20. The number of rotatable bonds is 4. The van der Waals surface area contributed by atoms with Gasteiger partial charge in [-0.1, -0.05) is 43.0 Å². The first kappa shape index (κ1) is 16.3. The van der Waals surface area contributed by atoms with E-state index >= 15 is 0 Å². The lowest BCUT2D eigenvalue weighted by Crippen LogP contribution is -2.21. The third kappa shape index (κ3) is 3.86. The summed E-state index contributed by atoms with van der Waals surface area (Å²) < 4.78 is 38.8. The molecule has 0 aromatic heterocycles. The number of alkyl halides is 3. The van der Waals surface area contributed by atoms with Gasteiger partial charge in [0.1, 0.15) is 0 Å². The van der Waals surface area contributed by atoms with Crippen LogP contribution in [0.4, 0.5) is 13.2 Å². The van der Waals surface area contributed by atoms with E-state index in [1.807, 2.05) is 32.1 Å². The van der Waals surface area contributed by atoms with Crippen LogP contribution in [0.15, 0.2) is 43.0 Å². The highest BCUT2D eigenvalue weighted by Gasteiger charge is 2.38. The van der Waals surface area contributed by atoms with Crippen LogP contribution >= 0.6 is 0 Å². The summed E-state index contributed by atoms with van der Waals surface area (Å²) in [7, 11) is 0. The van der Waals surface area contributed by atoms with Gasteiger partial charge in [0.15, 0.2) is 0 Å². The first-order chi connectivity index (χ1) is 9.31. The van der Waals surface area contributed by atoms with E-state index in [1.165, 1.54) is 19.1 Å². The van der Waals surface area contributed by atoms with Crippen LogP contribution in [-0.2, 0) is 0 Å². The highest BCUT2D eigenvalue weighted by Crippen LogP contribution is 2.37. The normalized spacial score (nSPS) is 14.6. The lowest BCUT2D eigenvalue weighted by atomic mass is 9.90. The van der Waals surface area contributed by atoms with Gasteiger partial charge < -0.3 is 0 Å². The summed E-state index contributed by atoms with van der Waals surface area (Å²) in [6.07, 6.45) is 2.33. The molecule has 0 aliphatic heterocycles. The molecule has 108 valence electrons. The summed E-state index contributed by atoms with van der Waals surface area (Å²) in [4.78, 5) is 0. The Bertz CT molecular complexity index is 534. The van der Waals surface area contributed by atoms with Crippen LogP contribution in [0.1, 0.15) is 30.5 Å². The molecule has 0 spiro atoms. The van der Waals surface area contributed by atoms with Crippen LogP contribution in [-0.4, -0.2) is 6.18 Å². The topological polar surface area (TPSA) is 0 Å². The van der Waals surface area contributed by atoms with E-state index in [4.69, 9.17) is 0 Å². The molecule has 1 unspecified atom stereocenters. The van der Waals surface area contributed by atoms with Gasteiger partial charge in [-0.2, -0.15) is 13.2 Å². The largest absolute Gasteiger partial charge is 0.395 e. The Hall–Kier alpha value is -1.77. The maximum atomic E-state index is 12.9. The van der Waals surface area contributed by atoms with E-state index in [0.717, 1.165) is 11.1 Å². The number of allylic oxidation sites excluding steroid dienone is 4. The van der Waals surface area contributed by atoms with E-state index in [9.17, 15) is 13.2 Å². The zero-order valence-corrected chi connectivity index (χ0v) is 12.0. The van der Waals surface area contributed by atoms with Crippen molar-refractivity contribution in [2.45, 2.75) is 26.9 Å². The molecule has 0 aliphatic rings. The molecule has 1 aromatic rings. The quantitative estimate of drug-likeness (QED) is 0.612. The molecule has 0 N–H and O–H groups in total. The fourth-order valence-electron chi connectivity index (χ4n) is 1.97. The molecule has 20 heavy (non-hydrogen) atoms. The van der Waals surface area contributed by atoms with Crippen molar-refractivity contribution < 1.29 is 13.2 Å². The Labute approximate surface area is 118 Å². The number of halogens is 3. The van der Waals surface area contributed by atoms with Crippen molar-refractivity contribution >= 4 is 11.6 Å². The Morgan fingerprint density at radius 2 is 1.95 bits per heavy atom. The van der Waals surface area contributed by atoms with E-state index < -0.39 is 12.1 Å². The van der Waals surface area contributed by atoms with Crippen LogP contribution in [0.2, 0.25) is 0 Å². The van der Waals surface area contributed by atoms with Crippen molar-refractivity contribution in [2.75, 3.05) is 0 Å². The van der Waals surface area contributed by atoms with Crippen molar-refractivity contribution in [1.82, 2.24) is 0 Å². The molecule has 0 amide bonds. The minimum atomic E-state index is -4.26. The number of aryl methyl sites for hydroxylation is 1. The fraction of sp³-hybridized carbons (Fsp3) is 0.294. The van der Waals surface area contributed by atoms with Crippen LogP contribution in [0.3, 0.4) is 0 Å². The van der Waals surface area contributed by atoms with E-state index in [-0.39, 0.29) is 5.57 Å². The third-order valence-electron chi connectivity index (χ3n) is 3.21. The zero-order valence-electron chi connectivity index (χ0n) is 12.0. The van der Waals surface area contributed by atoms with Crippen molar-refractivity contribution in [3.05, 3.63) is 59.7 Å². The maximum absolute atomic E-state index is 12.9. The molecule has 0 fully saturated rings. The van der Waals surface area contributed by atoms with Gasteiger partial charge in [-0.15, -0.1) is 0 Å². The SMILES string of the molecule is C=C/C=C(/c1ccc(C)c(/C=C\C)c1)C(C)C(F)(F)F. The van der Waals surface area contributed by atoms with Crippen molar-refractivity contribution in [3.8, 4) is 0 Å². The molecule has 3 heteroatoms. The summed E-state index contributed by atoms with van der Waals surface area (Å²) in [6.45, 7) is 8.49. The highest BCUT2D eigenvalue weighted by molar-refractivity contribution is 5.72. The molecular formula is C17H19F3. The molecule has 1 atom stereocenters. The van der Waals surface area contributed by atoms with Gasteiger partial charge in [-0.25, -0.2) is 0 Å². The lowest BCUT2D eigenvalue weighted by molar-refractivity contribution is -0.153. The molecule has 0 bridgehead atoms. The monoisotopic (exact) mass is 280 g/mol. The molecule has 0 aliphatic carbocycles. The summed E-state index contributed by atoms with van der Waals surface area (Å²) in [5.41, 5.74) is 2.77. The molecule has 1 aromatic carbocycles. The van der Waals surface area contributed by atoms with Gasteiger partial charge in [0, 0.05) is 0 Å². The summed E-state index contributed by atoms with van der Waals surface area (Å²) in [5, 5.41) is 0. The molecule has 1 rings (SSSR count). The van der Waals surface area contributed by atoms with Gasteiger partial charge in [-0.3, -0.25) is 0 Å². The number of hydrogen-bond donors (Lipinski definition) is 0. The average Bonchev–Trinajstić information content (AvgIpc) is 2.37.